The molecular formula is C17H18IN3O4. The molecule has 0 saturated carbocycles. The Balaban J connectivity index is 2.09. The molecule has 0 heterocycles. The van der Waals surface area contributed by atoms with Crippen LogP contribution in [0.15, 0.2) is 41.5 Å². The van der Waals surface area contributed by atoms with Gasteiger partial charge in [-0.15, -0.1) is 0 Å². The molecule has 2 aromatic rings. The average Bonchev–Trinajstić information content (AvgIpc) is 2.61. The molecule has 0 saturated heterocycles. The third-order valence-corrected chi connectivity index (χ3v) is 3.99. The topological polar surface area (TPSA) is 86.0 Å². The fourth-order valence-electron chi connectivity index (χ4n) is 2.00. The summed E-state index contributed by atoms with van der Waals surface area (Å²) in [6, 6.07) is 9.82. The van der Waals surface area contributed by atoms with Crippen molar-refractivity contribution in [1.29, 1.82) is 0 Å². The SMILES string of the molecule is CCCOc1c(I)cc(/C=N/Nc2ccc([N+](=O)[O-])cc2)cc1OC. The number of anilines is 1. The number of methoxy groups -OCH3 is 1. The van der Waals surface area contributed by atoms with Crippen molar-refractivity contribution in [2.75, 3.05) is 19.1 Å². The number of non-ortho nitro benzene ring substituents is 1. The number of hydrazone groups is 1. The molecule has 132 valence electrons. The van der Waals surface area contributed by atoms with Gasteiger partial charge in [0.25, 0.3) is 5.69 Å². The number of nitro groups is 1. The van der Waals surface area contributed by atoms with Crippen molar-refractivity contribution in [3.8, 4) is 11.5 Å². The summed E-state index contributed by atoms with van der Waals surface area (Å²) in [6.45, 7) is 2.67. The minimum atomic E-state index is -0.441. The number of ether oxygens (including phenoxy) is 2. The van der Waals surface area contributed by atoms with Crippen LogP contribution in [0.2, 0.25) is 0 Å². The van der Waals surface area contributed by atoms with Crippen molar-refractivity contribution in [1.82, 2.24) is 0 Å². The van der Waals surface area contributed by atoms with Crippen LogP contribution in [-0.4, -0.2) is 24.9 Å². The number of halogens is 1. The molecule has 2 aromatic carbocycles. The lowest BCUT2D eigenvalue weighted by Gasteiger charge is -2.12. The lowest BCUT2D eigenvalue weighted by Crippen LogP contribution is -2.01. The van der Waals surface area contributed by atoms with E-state index in [1.54, 1.807) is 25.5 Å². The van der Waals surface area contributed by atoms with Crippen molar-refractivity contribution in [3.63, 3.8) is 0 Å². The maximum atomic E-state index is 10.6. The minimum Gasteiger partial charge on any atom is -0.493 e. The van der Waals surface area contributed by atoms with E-state index in [1.807, 2.05) is 19.1 Å². The number of hydrogen-bond acceptors (Lipinski definition) is 6. The standard InChI is InChI=1S/C17H18IN3O4/c1-3-8-25-17-15(18)9-12(10-16(17)24-2)11-19-20-13-4-6-14(7-5-13)21(22)23/h4-7,9-11,20H,3,8H2,1-2H3/b19-11+. The van der Waals surface area contributed by atoms with Gasteiger partial charge in [0.2, 0.25) is 0 Å². The van der Waals surface area contributed by atoms with Gasteiger partial charge in [0.15, 0.2) is 11.5 Å². The number of nitrogens with one attached hydrogen (secondary N) is 1. The monoisotopic (exact) mass is 455 g/mol. The van der Waals surface area contributed by atoms with Crippen LogP contribution < -0.4 is 14.9 Å². The van der Waals surface area contributed by atoms with Crippen LogP contribution >= 0.6 is 22.6 Å². The first-order valence-corrected chi connectivity index (χ1v) is 8.67. The number of nitrogens with zero attached hydrogens (tertiary/aromatic N) is 2. The first-order valence-electron chi connectivity index (χ1n) is 7.59. The Kier molecular flexibility index (Phi) is 6.99. The second kappa shape index (κ2) is 9.21. The molecule has 0 aliphatic heterocycles. The van der Waals surface area contributed by atoms with E-state index in [0.29, 0.717) is 18.0 Å². The first-order chi connectivity index (χ1) is 12.0. The number of rotatable bonds is 8. The summed E-state index contributed by atoms with van der Waals surface area (Å²) < 4.78 is 12.0. The molecule has 0 unspecified atom stereocenters. The molecule has 2 rings (SSSR count). The second-order valence-electron chi connectivity index (χ2n) is 5.06. The summed E-state index contributed by atoms with van der Waals surface area (Å²) in [5.41, 5.74) is 4.38. The van der Waals surface area contributed by atoms with E-state index < -0.39 is 4.92 Å². The van der Waals surface area contributed by atoms with E-state index in [1.165, 1.54) is 12.1 Å². The molecule has 8 heteroatoms. The molecular weight excluding hydrogens is 437 g/mol. The predicted molar refractivity (Wildman–Crippen MR) is 106 cm³/mol. The Hall–Kier alpha value is -2.36. The molecule has 0 aliphatic rings. The van der Waals surface area contributed by atoms with E-state index >= 15 is 0 Å². The minimum absolute atomic E-state index is 0.0384. The maximum Gasteiger partial charge on any atom is 0.269 e. The van der Waals surface area contributed by atoms with Crippen LogP contribution in [0.4, 0.5) is 11.4 Å². The number of hydrogen-bond donors (Lipinski definition) is 1. The third kappa shape index (κ3) is 5.31. The van der Waals surface area contributed by atoms with Gasteiger partial charge in [0, 0.05) is 12.1 Å². The summed E-state index contributed by atoms with van der Waals surface area (Å²) in [4.78, 5) is 10.2. The van der Waals surface area contributed by atoms with Gasteiger partial charge in [0.05, 0.1) is 34.1 Å². The fourth-order valence-corrected chi connectivity index (χ4v) is 2.78. The largest absolute Gasteiger partial charge is 0.493 e. The lowest BCUT2D eigenvalue weighted by molar-refractivity contribution is -0.384. The highest BCUT2D eigenvalue weighted by molar-refractivity contribution is 14.1. The van der Waals surface area contributed by atoms with Crippen molar-refractivity contribution >= 4 is 40.2 Å². The second-order valence-corrected chi connectivity index (χ2v) is 6.22. The smallest absolute Gasteiger partial charge is 0.269 e. The maximum absolute atomic E-state index is 10.6. The normalized spacial score (nSPS) is 10.7. The van der Waals surface area contributed by atoms with E-state index in [-0.39, 0.29) is 5.69 Å². The molecule has 0 amide bonds. The molecule has 0 fully saturated rings. The van der Waals surface area contributed by atoms with Crippen LogP contribution in [0.25, 0.3) is 0 Å². The lowest BCUT2D eigenvalue weighted by atomic mass is 10.2. The van der Waals surface area contributed by atoms with E-state index in [2.05, 4.69) is 33.1 Å². The molecule has 0 spiro atoms. The zero-order valence-corrected chi connectivity index (χ0v) is 16.0. The van der Waals surface area contributed by atoms with Crippen LogP contribution in [-0.2, 0) is 0 Å². The molecule has 7 nitrogen and oxygen atoms in total. The predicted octanol–water partition coefficient (Wildman–Crippen LogP) is 4.44. The highest BCUT2D eigenvalue weighted by atomic mass is 127. The summed E-state index contributed by atoms with van der Waals surface area (Å²) in [7, 11) is 1.60. The van der Waals surface area contributed by atoms with Crippen LogP contribution in [0.1, 0.15) is 18.9 Å². The number of nitro benzene ring substituents is 1. The summed E-state index contributed by atoms with van der Waals surface area (Å²) in [5.74, 6) is 1.38. The zero-order chi connectivity index (χ0) is 18.2. The zero-order valence-electron chi connectivity index (χ0n) is 13.9. The highest BCUT2D eigenvalue weighted by Crippen LogP contribution is 2.33. The van der Waals surface area contributed by atoms with E-state index in [4.69, 9.17) is 9.47 Å². The Morgan fingerprint density at radius 3 is 2.64 bits per heavy atom. The van der Waals surface area contributed by atoms with Crippen molar-refractivity contribution in [2.45, 2.75) is 13.3 Å². The van der Waals surface area contributed by atoms with E-state index in [0.717, 1.165) is 21.3 Å². The van der Waals surface area contributed by atoms with Crippen molar-refractivity contribution in [3.05, 3.63) is 55.6 Å². The van der Waals surface area contributed by atoms with Crippen LogP contribution in [0.5, 0.6) is 11.5 Å². The third-order valence-electron chi connectivity index (χ3n) is 3.19. The Morgan fingerprint density at radius 2 is 2.04 bits per heavy atom. The molecule has 0 bridgehead atoms. The summed E-state index contributed by atoms with van der Waals surface area (Å²) in [5, 5.41) is 14.8. The van der Waals surface area contributed by atoms with Gasteiger partial charge >= 0.3 is 0 Å². The van der Waals surface area contributed by atoms with Crippen LogP contribution in [0, 0.1) is 13.7 Å². The van der Waals surface area contributed by atoms with Gasteiger partial charge in [-0.25, -0.2) is 0 Å². The number of benzene rings is 2. The highest BCUT2D eigenvalue weighted by Gasteiger charge is 2.10. The van der Waals surface area contributed by atoms with Gasteiger partial charge in [-0.1, -0.05) is 6.92 Å². The Morgan fingerprint density at radius 1 is 1.32 bits per heavy atom. The van der Waals surface area contributed by atoms with Crippen molar-refractivity contribution in [2.24, 2.45) is 5.10 Å². The van der Waals surface area contributed by atoms with Gasteiger partial charge in [0.1, 0.15) is 0 Å². The Labute approximate surface area is 159 Å². The molecule has 0 atom stereocenters. The summed E-state index contributed by atoms with van der Waals surface area (Å²) >= 11 is 2.20. The summed E-state index contributed by atoms with van der Waals surface area (Å²) in [6.07, 6.45) is 2.57. The van der Waals surface area contributed by atoms with Gasteiger partial charge < -0.3 is 9.47 Å². The average molecular weight is 455 g/mol. The fraction of sp³-hybridized carbons (Fsp3) is 0.235. The Bertz CT molecular complexity index is 763. The van der Waals surface area contributed by atoms with E-state index in [9.17, 15) is 10.1 Å². The first kappa shape index (κ1) is 19.0. The van der Waals surface area contributed by atoms with Gasteiger partial charge in [-0.3, -0.25) is 15.5 Å². The quantitative estimate of drug-likeness (QED) is 0.275. The molecule has 25 heavy (non-hydrogen) atoms. The molecule has 0 aliphatic carbocycles. The van der Waals surface area contributed by atoms with Crippen molar-refractivity contribution < 1.29 is 14.4 Å². The molecule has 0 radical (unpaired) electrons. The van der Waals surface area contributed by atoms with Gasteiger partial charge in [-0.2, -0.15) is 5.10 Å². The van der Waals surface area contributed by atoms with Gasteiger partial charge in [-0.05, 0) is 58.8 Å². The van der Waals surface area contributed by atoms with Crippen LogP contribution in [0.3, 0.4) is 0 Å². The molecule has 0 aromatic heterocycles. The molecule has 1 N–H and O–H groups in total.